The van der Waals surface area contributed by atoms with Crippen molar-refractivity contribution in [3.8, 4) is 0 Å². The van der Waals surface area contributed by atoms with Crippen LogP contribution in [0.1, 0.15) is 127 Å². The Hall–Kier alpha value is -1.71. The van der Waals surface area contributed by atoms with E-state index in [1.54, 1.807) is 0 Å². The molecule has 0 bridgehead atoms. The zero-order chi connectivity index (χ0) is 61.3. The number of hydrogen-bond donors (Lipinski definition) is 14. The van der Waals surface area contributed by atoms with Gasteiger partial charge in [-0.05, 0) is 123 Å². The van der Waals surface area contributed by atoms with Crippen molar-refractivity contribution in [2.24, 2.45) is 50.2 Å². The molecule has 0 aromatic carbocycles. The first-order valence-corrected chi connectivity index (χ1v) is 30.5. The molecule has 84 heavy (non-hydrogen) atoms. The SMILES string of the molecule is CC1OC(OC2C(O)C(C)OC(OC3C(OC4CCC5(C)C(CCC6(C)C5CC=C5C7CC(C)(C)CCC7(C(=O)OC7OC(CO)C(O)C(O)C7O)CCC56C)C4(C)C)OCC(O)C3OC3OC(CO)C(O)C(O)C3O)C2O)C(O)C(O)C1O. The van der Waals surface area contributed by atoms with Gasteiger partial charge in [-0.25, -0.2) is 0 Å². The van der Waals surface area contributed by atoms with Crippen molar-refractivity contribution in [1.29, 1.82) is 0 Å². The quantitative estimate of drug-likeness (QED) is 0.0600. The van der Waals surface area contributed by atoms with Crippen LogP contribution in [0.2, 0.25) is 0 Å². The number of hydrogen-bond acceptors (Lipinski definition) is 25. The van der Waals surface area contributed by atoms with E-state index in [0.717, 1.165) is 38.5 Å². The summed E-state index contributed by atoms with van der Waals surface area (Å²) in [6.07, 6.45) is -29.4. The fourth-order valence-electron chi connectivity index (χ4n) is 17.6. The lowest BCUT2D eigenvalue weighted by atomic mass is 9.33. The number of esters is 1. The Balaban J connectivity index is 0.913. The molecule has 0 radical (unpaired) electrons. The predicted octanol–water partition coefficient (Wildman–Crippen LogP) is -1.52. The van der Waals surface area contributed by atoms with Crippen LogP contribution in [0.5, 0.6) is 0 Å². The van der Waals surface area contributed by atoms with Crippen LogP contribution >= 0.6 is 0 Å². The molecule has 32 unspecified atom stereocenters. The summed E-state index contributed by atoms with van der Waals surface area (Å²) in [6, 6.07) is 0. The topological polar surface area (TPSA) is 393 Å². The highest BCUT2D eigenvalue weighted by molar-refractivity contribution is 5.79. The number of carbonyl (C=O) groups excluding carboxylic acids is 1. The summed E-state index contributed by atoms with van der Waals surface area (Å²) in [5.74, 6) is -0.460. The van der Waals surface area contributed by atoms with Gasteiger partial charge in [-0.3, -0.25) is 4.79 Å². The van der Waals surface area contributed by atoms with Gasteiger partial charge in [-0.1, -0.05) is 60.1 Å². The number of carbonyl (C=O) groups is 1. The first-order valence-electron chi connectivity index (χ1n) is 30.5. The summed E-state index contributed by atoms with van der Waals surface area (Å²) in [5.41, 5.74) is -1.20. The van der Waals surface area contributed by atoms with Gasteiger partial charge in [0.05, 0.1) is 43.5 Å². The standard InChI is InChI=1S/C59H96O25/c1-24-34(63)38(67)41(70)48(76-24)82-46-35(64)25(2)77-51(44(46)73)83-47-45(81-49-42(71)39(68)36(65)29(21-60)78-49)28(62)23-75-52(47)80-33-13-14-56(7)31(55(33,5)6)12-15-58(9)32(56)11-10-26-27-20-54(3,4)16-18-59(27,19-17-57(26,58)8)53(74)84-50-43(72)40(69)37(66)30(22-61)79-50/h10,24-25,27-52,60-73H,11-23H2,1-9H3. The molecule has 10 rings (SSSR count). The van der Waals surface area contributed by atoms with Gasteiger partial charge in [-0.15, -0.1) is 0 Å². The lowest BCUT2D eigenvalue weighted by Crippen LogP contribution is -2.67. The highest BCUT2D eigenvalue weighted by Gasteiger charge is 2.70. The third-order valence-corrected chi connectivity index (χ3v) is 23.1. The Bertz CT molecular complexity index is 2340. The maximum atomic E-state index is 14.9. The van der Waals surface area contributed by atoms with Crippen LogP contribution < -0.4 is 0 Å². The molecule has 32 atom stereocenters. The van der Waals surface area contributed by atoms with Crippen molar-refractivity contribution >= 4 is 5.97 Å². The van der Waals surface area contributed by atoms with Crippen LogP contribution in [0, 0.1) is 50.2 Å². The second-order valence-electron chi connectivity index (χ2n) is 28.6. The summed E-state index contributed by atoms with van der Waals surface area (Å²) in [7, 11) is 0. The molecule has 14 N–H and O–H groups in total. The van der Waals surface area contributed by atoms with Crippen molar-refractivity contribution in [2.75, 3.05) is 19.8 Å². The molecule has 482 valence electrons. The molecule has 5 saturated heterocycles. The van der Waals surface area contributed by atoms with Crippen molar-refractivity contribution in [3.63, 3.8) is 0 Å². The van der Waals surface area contributed by atoms with Crippen molar-refractivity contribution < 1.29 is 124 Å². The van der Waals surface area contributed by atoms with E-state index in [2.05, 4.69) is 54.5 Å². The van der Waals surface area contributed by atoms with Crippen molar-refractivity contribution in [3.05, 3.63) is 11.6 Å². The Morgan fingerprint density at radius 1 is 0.536 bits per heavy atom. The predicted molar refractivity (Wildman–Crippen MR) is 287 cm³/mol. The summed E-state index contributed by atoms with van der Waals surface area (Å²) in [5, 5.41) is 151. The van der Waals surface area contributed by atoms with Crippen LogP contribution in [0.3, 0.4) is 0 Å². The van der Waals surface area contributed by atoms with Crippen LogP contribution in [0.4, 0.5) is 0 Å². The molecule has 0 spiro atoms. The van der Waals surface area contributed by atoms with Crippen LogP contribution in [-0.2, 0) is 52.2 Å². The maximum absolute atomic E-state index is 14.9. The highest BCUT2D eigenvalue weighted by atomic mass is 16.8. The second kappa shape index (κ2) is 23.8. The Morgan fingerprint density at radius 3 is 1.70 bits per heavy atom. The van der Waals surface area contributed by atoms with E-state index in [1.807, 2.05) is 0 Å². The maximum Gasteiger partial charge on any atom is 0.315 e. The summed E-state index contributed by atoms with van der Waals surface area (Å²) < 4.78 is 61.4. The first kappa shape index (κ1) is 65.2. The van der Waals surface area contributed by atoms with Gasteiger partial charge in [-0.2, -0.15) is 0 Å². The molecule has 0 amide bonds. The van der Waals surface area contributed by atoms with Gasteiger partial charge in [0.15, 0.2) is 25.2 Å². The van der Waals surface area contributed by atoms with E-state index in [4.69, 9.17) is 47.4 Å². The molecule has 9 fully saturated rings. The Labute approximate surface area is 490 Å². The van der Waals surface area contributed by atoms with E-state index >= 15 is 0 Å². The van der Waals surface area contributed by atoms with Gasteiger partial charge in [0.2, 0.25) is 6.29 Å². The zero-order valence-electron chi connectivity index (χ0n) is 49.7. The van der Waals surface area contributed by atoms with Crippen LogP contribution in [-0.4, -0.2) is 251 Å². The van der Waals surface area contributed by atoms with Crippen molar-refractivity contribution in [1.82, 2.24) is 0 Å². The number of rotatable bonds is 12. The molecule has 25 heteroatoms. The average Bonchev–Trinajstić information content (AvgIpc) is 1.88. The first-order chi connectivity index (χ1) is 39.3. The monoisotopic (exact) mass is 1200 g/mol. The van der Waals surface area contributed by atoms with Crippen LogP contribution in [0.25, 0.3) is 0 Å². The molecule has 0 aromatic rings. The second-order valence-corrected chi connectivity index (χ2v) is 28.6. The van der Waals surface area contributed by atoms with Gasteiger partial charge < -0.3 is 119 Å². The lowest BCUT2D eigenvalue weighted by Gasteiger charge is -2.71. The number of ether oxygens (including phenoxy) is 10. The third kappa shape index (κ3) is 10.8. The van der Waals surface area contributed by atoms with Crippen molar-refractivity contribution in [2.45, 2.75) is 280 Å². The number of allylic oxidation sites excluding steroid dienone is 2. The third-order valence-electron chi connectivity index (χ3n) is 23.1. The highest BCUT2D eigenvalue weighted by Crippen LogP contribution is 2.76. The van der Waals surface area contributed by atoms with E-state index in [1.165, 1.54) is 19.4 Å². The van der Waals surface area contributed by atoms with E-state index in [9.17, 15) is 76.3 Å². The largest absolute Gasteiger partial charge is 0.432 e. The number of aliphatic hydroxyl groups is 14. The Morgan fingerprint density at radius 2 is 1.07 bits per heavy atom. The number of fused-ring (bicyclic) bond motifs is 7. The summed E-state index contributed by atoms with van der Waals surface area (Å²) >= 11 is 0. The molecular formula is C59H96O25. The molecular weight excluding hydrogens is 1110 g/mol. The molecule has 4 saturated carbocycles. The average molecular weight is 1210 g/mol. The smallest absolute Gasteiger partial charge is 0.315 e. The molecule has 10 aliphatic rings. The minimum atomic E-state index is -1.90. The Kier molecular flexibility index (Phi) is 18.5. The summed E-state index contributed by atoms with van der Waals surface area (Å²) in [6.45, 7) is 17.0. The van der Waals surface area contributed by atoms with Crippen LogP contribution in [0.15, 0.2) is 11.6 Å². The van der Waals surface area contributed by atoms with Gasteiger partial charge >= 0.3 is 5.97 Å². The molecule has 25 nitrogen and oxygen atoms in total. The summed E-state index contributed by atoms with van der Waals surface area (Å²) in [4.78, 5) is 14.9. The molecule has 5 aliphatic carbocycles. The minimum absolute atomic E-state index is 0.0725. The lowest BCUT2D eigenvalue weighted by molar-refractivity contribution is -0.396. The fraction of sp³-hybridized carbons (Fsp3) is 0.949. The number of aliphatic hydroxyl groups excluding tert-OH is 14. The molecule has 5 heterocycles. The van der Waals surface area contributed by atoms with Gasteiger partial charge in [0.1, 0.15) is 104 Å². The zero-order valence-corrected chi connectivity index (χ0v) is 49.7. The van der Waals surface area contributed by atoms with Gasteiger partial charge in [0, 0.05) is 0 Å². The molecule has 5 aliphatic heterocycles. The minimum Gasteiger partial charge on any atom is -0.432 e. The van der Waals surface area contributed by atoms with E-state index in [-0.39, 0.29) is 39.4 Å². The van der Waals surface area contributed by atoms with E-state index < -0.39 is 190 Å². The fourth-order valence-corrected chi connectivity index (χ4v) is 17.6. The van der Waals surface area contributed by atoms with Gasteiger partial charge in [0.25, 0.3) is 0 Å². The normalized spacial score (nSPS) is 54.6. The molecule has 0 aromatic heterocycles. The van der Waals surface area contributed by atoms with E-state index in [0.29, 0.717) is 25.7 Å².